The fraction of sp³-hybridized carbons (Fsp3) is 0.409. The van der Waals surface area contributed by atoms with Gasteiger partial charge in [0.2, 0.25) is 11.8 Å². The third-order valence-electron chi connectivity index (χ3n) is 5.32. The molecule has 0 spiro atoms. The van der Waals surface area contributed by atoms with Crippen molar-refractivity contribution in [2.45, 2.75) is 49.7 Å². The minimum Gasteiger partial charge on any atom is -0.462 e. The first-order valence-electron chi connectivity index (χ1n) is 10.1. The second-order valence-corrected chi connectivity index (χ2v) is 9.97. The van der Waals surface area contributed by atoms with Crippen LogP contribution in [0, 0.1) is 5.92 Å². The first-order chi connectivity index (χ1) is 14.5. The number of carbonyl (C=O) groups excluding carboxylic acids is 3. The van der Waals surface area contributed by atoms with Gasteiger partial charge in [0.25, 0.3) is 0 Å². The molecule has 4 rings (SSSR count). The maximum atomic E-state index is 12.8. The number of amides is 2. The number of rotatable bonds is 5. The third kappa shape index (κ3) is 4.25. The van der Waals surface area contributed by atoms with Crippen molar-refractivity contribution in [1.82, 2.24) is 0 Å². The van der Waals surface area contributed by atoms with Crippen molar-refractivity contribution >= 4 is 51.6 Å². The molecule has 2 amide bonds. The van der Waals surface area contributed by atoms with E-state index in [1.165, 1.54) is 23.1 Å². The van der Waals surface area contributed by atoms with Crippen molar-refractivity contribution in [1.29, 1.82) is 0 Å². The second kappa shape index (κ2) is 8.81. The number of hydrogen-bond acceptors (Lipinski definition) is 6. The Balaban J connectivity index is 1.52. The Hall–Kier alpha value is -2.32. The van der Waals surface area contributed by atoms with E-state index in [0.29, 0.717) is 16.5 Å². The number of fused-ring (bicyclic) bond motifs is 2. The quantitative estimate of drug-likeness (QED) is 0.664. The van der Waals surface area contributed by atoms with Gasteiger partial charge in [-0.15, -0.1) is 23.1 Å². The SMILES string of the molecule is CCOC(=O)c1c(NC(=O)CC2Sc3ccccc3NC2=O)sc2c1CCC(C)C2. The van der Waals surface area contributed by atoms with Crippen LogP contribution in [0.1, 0.15) is 47.5 Å². The Kier molecular flexibility index (Phi) is 6.15. The maximum absolute atomic E-state index is 12.8. The predicted molar refractivity (Wildman–Crippen MR) is 119 cm³/mol. The number of hydrogen-bond donors (Lipinski definition) is 2. The molecule has 6 nitrogen and oxygen atoms in total. The van der Waals surface area contributed by atoms with Crippen LogP contribution in [0.5, 0.6) is 0 Å². The van der Waals surface area contributed by atoms with Crippen molar-refractivity contribution in [3.8, 4) is 0 Å². The van der Waals surface area contributed by atoms with E-state index in [9.17, 15) is 14.4 Å². The average molecular weight is 445 g/mol. The van der Waals surface area contributed by atoms with Crippen molar-refractivity contribution in [2.24, 2.45) is 5.92 Å². The van der Waals surface area contributed by atoms with Crippen LogP contribution in [-0.2, 0) is 27.2 Å². The number of benzene rings is 1. The molecule has 2 N–H and O–H groups in total. The number of nitrogens with one attached hydrogen (secondary N) is 2. The number of carbonyl (C=O) groups is 3. The molecule has 1 aromatic heterocycles. The van der Waals surface area contributed by atoms with Gasteiger partial charge >= 0.3 is 5.97 Å². The number of thiophene rings is 1. The van der Waals surface area contributed by atoms with Gasteiger partial charge in [-0.05, 0) is 49.8 Å². The highest BCUT2D eigenvalue weighted by molar-refractivity contribution is 8.01. The summed E-state index contributed by atoms with van der Waals surface area (Å²) < 4.78 is 5.26. The fourth-order valence-corrected chi connectivity index (χ4v) is 6.36. The smallest absolute Gasteiger partial charge is 0.341 e. The molecule has 2 aromatic rings. The van der Waals surface area contributed by atoms with Crippen LogP contribution >= 0.6 is 23.1 Å². The lowest BCUT2D eigenvalue weighted by Crippen LogP contribution is -2.32. The fourth-order valence-electron chi connectivity index (χ4n) is 3.83. The molecule has 0 saturated heterocycles. The van der Waals surface area contributed by atoms with Gasteiger partial charge in [-0.1, -0.05) is 19.1 Å². The monoisotopic (exact) mass is 444 g/mol. The van der Waals surface area contributed by atoms with Gasteiger partial charge in [-0.3, -0.25) is 9.59 Å². The molecule has 0 radical (unpaired) electrons. The first-order valence-corrected chi connectivity index (χ1v) is 11.8. The van der Waals surface area contributed by atoms with Crippen molar-refractivity contribution in [2.75, 3.05) is 17.2 Å². The normalized spacial score (nSPS) is 20.0. The largest absolute Gasteiger partial charge is 0.462 e. The van der Waals surface area contributed by atoms with Gasteiger partial charge < -0.3 is 15.4 Å². The summed E-state index contributed by atoms with van der Waals surface area (Å²) in [5.74, 6) is -0.297. The lowest BCUT2D eigenvalue weighted by molar-refractivity contribution is -0.120. The lowest BCUT2D eigenvalue weighted by atomic mass is 9.88. The summed E-state index contributed by atoms with van der Waals surface area (Å²) in [6.07, 6.45) is 2.77. The highest BCUT2D eigenvalue weighted by Crippen LogP contribution is 2.41. The van der Waals surface area contributed by atoms with Gasteiger partial charge in [0.05, 0.1) is 23.1 Å². The predicted octanol–water partition coefficient (Wildman–Crippen LogP) is 4.49. The molecule has 1 aliphatic heterocycles. The molecule has 158 valence electrons. The van der Waals surface area contributed by atoms with E-state index in [1.807, 2.05) is 24.3 Å². The Labute approximate surface area is 183 Å². The number of esters is 1. The molecule has 1 aliphatic carbocycles. The van der Waals surface area contributed by atoms with Crippen LogP contribution in [0.4, 0.5) is 10.7 Å². The molecule has 2 unspecified atom stereocenters. The Morgan fingerprint density at radius 2 is 2.10 bits per heavy atom. The van der Waals surface area contributed by atoms with Crippen LogP contribution in [-0.4, -0.2) is 29.6 Å². The molecule has 1 aromatic carbocycles. The molecule has 8 heteroatoms. The summed E-state index contributed by atoms with van der Waals surface area (Å²) in [5.41, 5.74) is 2.27. The van der Waals surface area contributed by atoms with E-state index in [2.05, 4.69) is 17.6 Å². The van der Waals surface area contributed by atoms with E-state index in [4.69, 9.17) is 4.74 Å². The summed E-state index contributed by atoms with van der Waals surface area (Å²) >= 11 is 2.85. The zero-order valence-corrected chi connectivity index (χ0v) is 18.6. The number of para-hydroxylation sites is 1. The Morgan fingerprint density at radius 3 is 2.90 bits per heavy atom. The molecule has 0 fully saturated rings. The summed E-state index contributed by atoms with van der Waals surface area (Å²) in [5, 5.41) is 5.79. The molecule has 2 atom stereocenters. The minimum absolute atomic E-state index is 0.0338. The number of anilines is 2. The molecule has 0 saturated carbocycles. The zero-order valence-electron chi connectivity index (χ0n) is 16.9. The van der Waals surface area contributed by atoms with E-state index in [-0.39, 0.29) is 24.8 Å². The van der Waals surface area contributed by atoms with Crippen molar-refractivity contribution < 1.29 is 19.1 Å². The first kappa shape index (κ1) is 20.9. The molecule has 0 bridgehead atoms. The van der Waals surface area contributed by atoms with Crippen molar-refractivity contribution in [3.05, 3.63) is 40.3 Å². The standard InChI is InChI=1S/C22H24N2O4S2/c1-3-28-22(27)19-13-9-8-12(2)10-16(13)30-21(19)24-18(25)11-17-20(26)23-14-6-4-5-7-15(14)29-17/h4-7,12,17H,3,8-11H2,1-2H3,(H,23,26)(H,24,25). The lowest BCUT2D eigenvalue weighted by Gasteiger charge is -2.23. The van der Waals surface area contributed by atoms with Gasteiger partial charge in [0.15, 0.2) is 0 Å². The van der Waals surface area contributed by atoms with Crippen LogP contribution in [0.2, 0.25) is 0 Å². The number of thioether (sulfide) groups is 1. The Morgan fingerprint density at radius 1 is 1.30 bits per heavy atom. The summed E-state index contributed by atoms with van der Waals surface area (Å²) in [7, 11) is 0. The molecular weight excluding hydrogens is 420 g/mol. The highest BCUT2D eigenvalue weighted by atomic mass is 32.2. The van der Waals surface area contributed by atoms with Crippen LogP contribution in [0.25, 0.3) is 0 Å². The van der Waals surface area contributed by atoms with Gasteiger partial charge in [-0.25, -0.2) is 4.79 Å². The van der Waals surface area contributed by atoms with Gasteiger partial charge in [-0.2, -0.15) is 0 Å². The zero-order chi connectivity index (χ0) is 21.3. The minimum atomic E-state index is -0.513. The number of ether oxygens (including phenoxy) is 1. The molecule has 2 heterocycles. The van der Waals surface area contributed by atoms with Crippen molar-refractivity contribution in [3.63, 3.8) is 0 Å². The second-order valence-electron chi connectivity index (χ2n) is 7.62. The van der Waals surface area contributed by atoms with E-state index < -0.39 is 11.2 Å². The van der Waals surface area contributed by atoms with E-state index >= 15 is 0 Å². The van der Waals surface area contributed by atoms with Crippen LogP contribution in [0.15, 0.2) is 29.2 Å². The summed E-state index contributed by atoms with van der Waals surface area (Å²) in [4.78, 5) is 39.9. The molecular formula is C22H24N2O4S2. The van der Waals surface area contributed by atoms with Crippen LogP contribution in [0.3, 0.4) is 0 Å². The average Bonchev–Trinajstić information content (AvgIpc) is 3.05. The third-order valence-corrected chi connectivity index (χ3v) is 7.77. The highest BCUT2D eigenvalue weighted by Gasteiger charge is 2.32. The Bertz CT molecular complexity index is 1000. The topological polar surface area (TPSA) is 84.5 Å². The summed E-state index contributed by atoms with van der Waals surface area (Å²) in [6.45, 7) is 4.25. The maximum Gasteiger partial charge on any atom is 0.341 e. The molecule has 2 aliphatic rings. The van der Waals surface area contributed by atoms with Crippen LogP contribution < -0.4 is 10.6 Å². The van der Waals surface area contributed by atoms with E-state index in [0.717, 1.165) is 40.3 Å². The molecule has 30 heavy (non-hydrogen) atoms. The van der Waals surface area contributed by atoms with Gasteiger partial charge in [0.1, 0.15) is 5.00 Å². The summed E-state index contributed by atoms with van der Waals surface area (Å²) in [6, 6.07) is 7.54. The van der Waals surface area contributed by atoms with E-state index in [1.54, 1.807) is 6.92 Å². The van der Waals surface area contributed by atoms with Gasteiger partial charge in [0, 0.05) is 16.2 Å².